The molecule has 18 heavy (non-hydrogen) atoms. The van der Waals surface area contributed by atoms with Gasteiger partial charge >= 0.3 is 0 Å². The first-order valence-corrected chi connectivity index (χ1v) is 7.93. The molecule has 0 aromatic heterocycles. The Morgan fingerprint density at radius 3 is 2.39 bits per heavy atom. The van der Waals surface area contributed by atoms with Gasteiger partial charge in [0, 0.05) is 9.26 Å². The Bertz CT molecular complexity index is 402. The SMILES string of the molecule is C=C(S)C(C)Cc1c(N)ccc(I)c1CC.CC. The van der Waals surface area contributed by atoms with Crippen LogP contribution in [0.25, 0.3) is 0 Å². The quantitative estimate of drug-likeness (QED) is 0.427. The molecule has 0 saturated carbocycles. The van der Waals surface area contributed by atoms with Crippen LogP contribution in [0.5, 0.6) is 0 Å². The summed E-state index contributed by atoms with van der Waals surface area (Å²) in [7, 11) is 0. The first kappa shape index (κ1) is 17.8. The van der Waals surface area contributed by atoms with Gasteiger partial charge in [-0.05, 0) is 69.5 Å². The minimum Gasteiger partial charge on any atom is -0.398 e. The summed E-state index contributed by atoms with van der Waals surface area (Å²) >= 11 is 6.68. The molecule has 1 atom stereocenters. The van der Waals surface area contributed by atoms with Crippen molar-refractivity contribution in [2.24, 2.45) is 5.92 Å². The van der Waals surface area contributed by atoms with Crippen molar-refractivity contribution in [3.8, 4) is 0 Å². The van der Waals surface area contributed by atoms with E-state index in [0.29, 0.717) is 5.92 Å². The van der Waals surface area contributed by atoms with Gasteiger partial charge in [0.25, 0.3) is 0 Å². The molecule has 0 aliphatic carbocycles. The van der Waals surface area contributed by atoms with E-state index in [1.165, 1.54) is 14.7 Å². The smallest absolute Gasteiger partial charge is 0.0350 e. The summed E-state index contributed by atoms with van der Waals surface area (Å²) in [6.45, 7) is 12.2. The van der Waals surface area contributed by atoms with Crippen molar-refractivity contribution in [2.75, 3.05) is 5.73 Å². The van der Waals surface area contributed by atoms with Gasteiger partial charge in [0.1, 0.15) is 0 Å². The Labute approximate surface area is 131 Å². The van der Waals surface area contributed by atoms with E-state index < -0.39 is 0 Å². The van der Waals surface area contributed by atoms with E-state index >= 15 is 0 Å². The number of halogens is 1. The van der Waals surface area contributed by atoms with Crippen molar-refractivity contribution in [1.29, 1.82) is 0 Å². The molecule has 1 rings (SSSR count). The molecule has 1 aromatic carbocycles. The van der Waals surface area contributed by atoms with Crippen LogP contribution < -0.4 is 5.73 Å². The zero-order valence-electron chi connectivity index (χ0n) is 11.8. The van der Waals surface area contributed by atoms with Crippen molar-refractivity contribution in [1.82, 2.24) is 0 Å². The van der Waals surface area contributed by atoms with Crippen LogP contribution in [0.1, 0.15) is 38.8 Å². The first-order valence-electron chi connectivity index (χ1n) is 6.40. The minimum atomic E-state index is 0.356. The van der Waals surface area contributed by atoms with Crippen molar-refractivity contribution in [2.45, 2.75) is 40.5 Å². The van der Waals surface area contributed by atoms with Crippen LogP contribution in [0.3, 0.4) is 0 Å². The van der Waals surface area contributed by atoms with Crippen LogP contribution in [-0.2, 0) is 12.8 Å². The van der Waals surface area contributed by atoms with Gasteiger partial charge in [-0.1, -0.05) is 34.3 Å². The predicted octanol–water partition coefficient (Wildman–Crippen LogP) is 5.08. The molecule has 0 spiro atoms. The number of anilines is 1. The molecule has 1 aromatic rings. The van der Waals surface area contributed by atoms with Crippen molar-refractivity contribution in [3.05, 3.63) is 38.3 Å². The minimum absolute atomic E-state index is 0.356. The van der Waals surface area contributed by atoms with Gasteiger partial charge in [-0.3, -0.25) is 0 Å². The Balaban J connectivity index is 0.00000137. The summed E-state index contributed by atoms with van der Waals surface area (Å²) in [6.07, 6.45) is 1.94. The average molecular weight is 377 g/mol. The summed E-state index contributed by atoms with van der Waals surface area (Å²) in [6, 6.07) is 4.07. The third-order valence-corrected chi connectivity index (χ3v) is 4.29. The molecule has 0 aliphatic rings. The molecule has 0 bridgehead atoms. The molecule has 0 heterocycles. The predicted molar refractivity (Wildman–Crippen MR) is 95.3 cm³/mol. The van der Waals surface area contributed by atoms with E-state index in [9.17, 15) is 0 Å². The molecule has 1 unspecified atom stereocenters. The lowest BCUT2D eigenvalue weighted by molar-refractivity contribution is 0.710. The largest absolute Gasteiger partial charge is 0.398 e. The second kappa shape index (κ2) is 8.86. The monoisotopic (exact) mass is 377 g/mol. The van der Waals surface area contributed by atoms with Gasteiger partial charge < -0.3 is 5.73 Å². The summed E-state index contributed by atoms with van der Waals surface area (Å²) in [5.74, 6) is 0.356. The average Bonchev–Trinajstić information content (AvgIpc) is 2.36. The molecule has 0 fully saturated rings. The van der Waals surface area contributed by atoms with E-state index in [4.69, 9.17) is 5.73 Å². The molecule has 0 radical (unpaired) electrons. The van der Waals surface area contributed by atoms with Gasteiger partial charge in [0.05, 0.1) is 0 Å². The first-order chi connectivity index (χ1) is 8.47. The number of nitrogens with two attached hydrogens (primary N) is 1. The summed E-state index contributed by atoms with van der Waals surface area (Å²) in [5, 5.41) is 0. The molecular formula is C15H24INS. The Morgan fingerprint density at radius 2 is 1.94 bits per heavy atom. The highest BCUT2D eigenvalue weighted by Gasteiger charge is 2.13. The number of hydrogen-bond acceptors (Lipinski definition) is 2. The lowest BCUT2D eigenvalue weighted by Crippen LogP contribution is -2.07. The maximum absolute atomic E-state index is 6.06. The Hall–Kier alpha value is -0.160. The summed E-state index contributed by atoms with van der Waals surface area (Å²) < 4.78 is 1.29. The van der Waals surface area contributed by atoms with Crippen LogP contribution in [0, 0.1) is 9.49 Å². The second-order valence-corrected chi connectivity index (χ2v) is 5.78. The summed E-state index contributed by atoms with van der Waals surface area (Å²) in [4.78, 5) is 0.917. The number of nitrogen functional groups attached to an aromatic ring is 1. The highest BCUT2D eigenvalue weighted by atomic mass is 127. The number of rotatable bonds is 4. The number of thiol groups is 1. The second-order valence-electron chi connectivity index (χ2n) is 4.04. The van der Waals surface area contributed by atoms with Crippen LogP contribution in [0.4, 0.5) is 5.69 Å². The van der Waals surface area contributed by atoms with Crippen molar-refractivity contribution >= 4 is 40.9 Å². The van der Waals surface area contributed by atoms with Crippen molar-refractivity contribution < 1.29 is 0 Å². The van der Waals surface area contributed by atoms with Gasteiger partial charge in [0.2, 0.25) is 0 Å². The normalized spacial score (nSPS) is 11.4. The fourth-order valence-corrected chi connectivity index (χ4v) is 2.71. The standard InChI is InChI=1S/C13H18INS.C2H6/c1-4-10-11(7-8(2)9(3)16)13(15)6-5-12(10)14;1-2/h5-6,8,16H,3-4,7,15H2,1-2H3;1-2H3. The lowest BCUT2D eigenvalue weighted by Gasteiger charge is -2.17. The lowest BCUT2D eigenvalue weighted by atomic mass is 9.94. The number of allylic oxidation sites excluding steroid dienone is 1. The molecule has 1 nitrogen and oxygen atoms in total. The van der Waals surface area contributed by atoms with E-state index in [1.807, 2.05) is 19.9 Å². The summed E-state index contributed by atoms with van der Waals surface area (Å²) in [5.41, 5.74) is 9.57. The number of benzene rings is 1. The maximum atomic E-state index is 6.06. The molecule has 0 aliphatic heterocycles. The number of hydrogen-bond donors (Lipinski definition) is 2. The van der Waals surface area contributed by atoms with E-state index in [1.54, 1.807) is 0 Å². The molecular weight excluding hydrogens is 353 g/mol. The maximum Gasteiger partial charge on any atom is 0.0350 e. The zero-order valence-corrected chi connectivity index (χ0v) is 14.8. The molecule has 0 amide bonds. The van der Waals surface area contributed by atoms with Crippen LogP contribution in [0.15, 0.2) is 23.6 Å². The van der Waals surface area contributed by atoms with Crippen molar-refractivity contribution in [3.63, 3.8) is 0 Å². The van der Waals surface area contributed by atoms with Crippen LogP contribution >= 0.6 is 35.2 Å². The topological polar surface area (TPSA) is 26.0 Å². The molecule has 0 saturated heterocycles. The fraction of sp³-hybridized carbons (Fsp3) is 0.467. The van der Waals surface area contributed by atoms with E-state index in [-0.39, 0.29) is 0 Å². The third-order valence-electron chi connectivity index (χ3n) is 2.84. The fourth-order valence-electron chi connectivity index (χ4n) is 1.73. The van der Waals surface area contributed by atoms with E-state index in [2.05, 4.69) is 61.7 Å². The molecule has 2 N–H and O–H groups in total. The highest BCUT2D eigenvalue weighted by molar-refractivity contribution is 14.1. The van der Waals surface area contributed by atoms with E-state index in [0.717, 1.165) is 23.4 Å². The Morgan fingerprint density at radius 1 is 1.39 bits per heavy atom. The van der Waals surface area contributed by atoms with Crippen LogP contribution in [0.2, 0.25) is 0 Å². The van der Waals surface area contributed by atoms with Gasteiger partial charge in [-0.25, -0.2) is 0 Å². The molecule has 3 heteroatoms. The highest BCUT2D eigenvalue weighted by Crippen LogP contribution is 2.28. The third kappa shape index (κ3) is 4.84. The Kier molecular flexibility index (Phi) is 8.78. The van der Waals surface area contributed by atoms with Gasteiger partial charge in [-0.15, -0.1) is 12.6 Å². The van der Waals surface area contributed by atoms with Gasteiger partial charge in [0.15, 0.2) is 0 Å². The molecule has 102 valence electrons. The zero-order chi connectivity index (χ0) is 14.3. The van der Waals surface area contributed by atoms with Gasteiger partial charge in [-0.2, -0.15) is 0 Å². The van der Waals surface area contributed by atoms with Crippen LogP contribution in [-0.4, -0.2) is 0 Å².